The van der Waals surface area contributed by atoms with Crippen LogP contribution in [0.25, 0.3) is 45.5 Å². The summed E-state index contributed by atoms with van der Waals surface area (Å²) in [6.07, 6.45) is 4.54. The lowest BCUT2D eigenvalue weighted by Gasteiger charge is -2.33. The highest BCUT2D eigenvalue weighted by molar-refractivity contribution is 9.10. The number of halogens is 1. The lowest BCUT2D eigenvalue weighted by Crippen LogP contribution is -2.28. The van der Waals surface area contributed by atoms with Crippen molar-refractivity contribution in [3.8, 4) is 33.4 Å². The highest BCUT2D eigenvalue weighted by Gasteiger charge is 2.45. The molecular formula is C46H33Br. The Kier molecular flexibility index (Phi) is 7.56. The third-order valence-corrected chi connectivity index (χ3v) is 10.1. The average Bonchev–Trinajstić information content (AvgIpc) is 3.42. The van der Waals surface area contributed by atoms with Crippen LogP contribution in [0, 0.1) is 6.92 Å². The molecule has 0 aromatic heterocycles. The predicted molar refractivity (Wildman–Crippen MR) is 202 cm³/mol. The molecule has 47 heavy (non-hydrogen) atoms. The van der Waals surface area contributed by atoms with E-state index in [0.29, 0.717) is 0 Å². The van der Waals surface area contributed by atoms with Crippen molar-refractivity contribution in [1.29, 1.82) is 0 Å². The third-order valence-electron chi connectivity index (χ3n) is 9.58. The zero-order valence-electron chi connectivity index (χ0n) is 26.2. The zero-order valence-corrected chi connectivity index (χ0v) is 27.8. The highest BCUT2D eigenvalue weighted by Crippen LogP contribution is 2.56. The Labute approximate surface area is 285 Å². The largest absolute Gasteiger partial charge is 0.0713 e. The fourth-order valence-electron chi connectivity index (χ4n) is 7.41. The van der Waals surface area contributed by atoms with Gasteiger partial charge < -0.3 is 0 Å². The Morgan fingerprint density at radius 3 is 1.81 bits per heavy atom. The van der Waals surface area contributed by atoms with Crippen molar-refractivity contribution in [3.05, 3.63) is 213 Å². The third kappa shape index (κ3) is 5.08. The van der Waals surface area contributed by atoms with E-state index in [1.807, 2.05) is 0 Å². The maximum absolute atomic E-state index is 3.65. The lowest BCUT2D eigenvalue weighted by atomic mass is 9.67. The summed E-state index contributed by atoms with van der Waals surface area (Å²) in [6, 6.07) is 61.9. The van der Waals surface area contributed by atoms with Crippen molar-refractivity contribution in [3.63, 3.8) is 0 Å². The second-order valence-electron chi connectivity index (χ2n) is 12.3. The first-order valence-electron chi connectivity index (χ1n) is 16.1. The second-order valence-corrected chi connectivity index (χ2v) is 13.2. The SMILES string of the molecule is Cc1ccccc1-c1cc(-c2cccc(Br)c2)ccc1/C=C\c1ccc2c(c1)-c1ccccc1C2(c1ccccc1)c1ccccc1. The summed E-state index contributed by atoms with van der Waals surface area (Å²) in [5.41, 5.74) is 16.0. The van der Waals surface area contributed by atoms with E-state index >= 15 is 0 Å². The molecule has 0 bridgehead atoms. The van der Waals surface area contributed by atoms with Crippen LogP contribution in [0.5, 0.6) is 0 Å². The highest BCUT2D eigenvalue weighted by atomic mass is 79.9. The van der Waals surface area contributed by atoms with Crippen LogP contribution >= 0.6 is 15.9 Å². The minimum absolute atomic E-state index is 0.378. The van der Waals surface area contributed by atoms with Gasteiger partial charge in [0.05, 0.1) is 5.41 Å². The van der Waals surface area contributed by atoms with Crippen LogP contribution in [0.15, 0.2) is 174 Å². The predicted octanol–water partition coefficient (Wildman–Crippen LogP) is 12.6. The van der Waals surface area contributed by atoms with Gasteiger partial charge in [-0.05, 0) is 104 Å². The van der Waals surface area contributed by atoms with Gasteiger partial charge in [0.1, 0.15) is 0 Å². The molecule has 224 valence electrons. The summed E-state index contributed by atoms with van der Waals surface area (Å²) in [6.45, 7) is 2.19. The molecule has 0 spiro atoms. The van der Waals surface area contributed by atoms with Crippen LogP contribution in [-0.2, 0) is 5.41 Å². The average molecular weight is 666 g/mol. The molecule has 1 heteroatoms. The molecule has 0 saturated carbocycles. The van der Waals surface area contributed by atoms with Gasteiger partial charge in [-0.3, -0.25) is 0 Å². The van der Waals surface area contributed by atoms with E-state index in [1.165, 1.54) is 72.3 Å². The number of fused-ring (bicyclic) bond motifs is 3. The summed E-state index contributed by atoms with van der Waals surface area (Å²) < 4.78 is 1.08. The molecule has 0 nitrogen and oxygen atoms in total. The van der Waals surface area contributed by atoms with E-state index < -0.39 is 0 Å². The summed E-state index contributed by atoms with van der Waals surface area (Å²) in [5, 5.41) is 0. The molecular weight excluding hydrogens is 632 g/mol. The fourth-order valence-corrected chi connectivity index (χ4v) is 7.81. The van der Waals surface area contributed by atoms with Crippen molar-refractivity contribution >= 4 is 28.1 Å². The van der Waals surface area contributed by atoms with Crippen LogP contribution in [0.2, 0.25) is 0 Å². The molecule has 7 aromatic carbocycles. The first-order valence-corrected chi connectivity index (χ1v) is 16.9. The zero-order chi connectivity index (χ0) is 31.8. The van der Waals surface area contributed by atoms with E-state index in [0.717, 1.165) is 4.47 Å². The van der Waals surface area contributed by atoms with Crippen LogP contribution in [0.4, 0.5) is 0 Å². The van der Waals surface area contributed by atoms with E-state index in [1.54, 1.807) is 0 Å². The first-order chi connectivity index (χ1) is 23.1. The number of rotatable bonds is 6. The lowest BCUT2D eigenvalue weighted by molar-refractivity contribution is 0.768. The molecule has 0 atom stereocenters. The topological polar surface area (TPSA) is 0 Å². The smallest absolute Gasteiger partial charge is 0.0622 e. The number of hydrogen-bond acceptors (Lipinski definition) is 0. The summed E-state index contributed by atoms with van der Waals surface area (Å²) >= 11 is 3.65. The number of hydrogen-bond donors (Lipinski definition) is 0. The maximum atomic E-state index is 3.65. The molecule has 0 N–H and O–H groups in total. The quantitative estimate of drug-likeness (QED) is 0.155. The second kappa shape index (κ2) is 12.2. The molecule has 0 unspecified atom stereocenters. The van der Waals surface area contributed by atoms with Gasteiger partial charge in [0.25, 0.3) is 0 Å². The molecule has 8 rings (SSSR count). The van der Waals surface area contributed by atoms with Gasteiger partial charge in [-0.1, -0.05) is 174 Å². The van der Waals surface area contributed by atoms with Gasteiger partial charge in [-0.2, -0.15) is 0 Å². The number of benzene rings is 7. The molecule has 1 aliphatic rings. The summed E-state index contributed by atoms with van der Waals surface area (Å²) in [4.78, 5) is 0. The van der Waals surface area contributed by atoms with E-state index in [2.05, 4.69) is 205 Å². The van der Waals surface area contributed by atoms with Crippen LogP contribution in [0.1, 0.15) is 38.9 Å². The molecule has 0 saturated heterocycles. The monoisotopic (exact) mass is 664 g/mol. The van der Waals surface area contributed by atoms with Crippen molar-refractivity contribution in [2.45, 2.75) is 12.3 Å². The van der Waals surface area contributed by atoms with Crippen LogP contribution in [-0.4, -0.2) is 0 Å². The van der Waals surface area contributed by atoms with Gasteiger partial charge in [0, 0.05) is 4.47 Å². The normalized spacial score (nSPS) is 13.0. The van der Waals surface area contributed by atoms with Crippen molar-refractivity contribution < 1.29 is 0 Å². The summed E-state index contributed by atoms with van der Waals surface area (Å²) in [7, 11) is 0. The molecule has 0 heterocycles. The van der Waals surface area contributed by atoms with Crippen molar-refractivity contribution in [2.75, 3.05) is 0 Å². The maximum Gasteiger partial charge on any atom is 0.0713 e. The van der Waals surface area contributed by atoms with Gasteiger partial charge >= 0.3 is 0 Å². The Hall–Kier alpha value is -5.24. The Morgan fingerprint density at radius 2 is 1.09 bits per heavy atom. The molecule has 0 aliphatic heterocycles. The first kappa shape index (κ1) is 29.2. The Morgan fingerprint density at radius 1 is 0.447 bits per heavy atom. The standard InChI is InChI=1S/C46H33Br/c1-32-13-8-9-20-40(32)42-31-36(35-14-12-19-39(47)30-35)27-26-34(42)25-23-33-24-28-45-43(29-33)41-21-10-11-22-44(41)46(45,37-15-4-2-5-16-37)38-17-6-3-7-18-38/h2-31H,1H3/b25-23-. The number of aryl methyl sites for hydroxylation is 1. The minimum atomic E-state index is -0.378. The van der Waals surface area contributed by atoms with Crippen LogP contribution < -0.4 is 0 Å². The molecule has 1 aliphatic carbocycles. The van der Waals surface area contributed by atoms with E-state index in [4.69, 9.17) is 0 Å². The molecule has 0 radical (unpaired) electrons. The molecule has 7 aromatic rings. The van der Waals surface area contributed by atoms with Crippen molar-refractivity contribution in [1.82, 2.24) is 0 Å². The van der Waals surface area contributed by atoms with E-state index in [-0.39, 0.29) is 5.41 Å². The van der Waals surface area contributed by atoms with Gasteiger partial charge in [-0.15, -0.1) is 0 Å². The minimum Gasteiger partial charge on any atom is -0.0622 e. The molecule has 0 fully saturated rings. The Balaban J connectivity index is 1.26. The molecule has 0 amide bonds. The van der Waals surface area contributed by atoms with Crippen LogP contribution in [0.3, 0.4) is 0 Å². The summed E-state index contributed by atoms with van der Waals surface area (Å²) in [5.74, 6) is 0. The van der Waals surface area contributed by atoms with Gasteiger partial charge in [0.2, 0.25) is 0 Å². The Bertz CT molecular complexity index is 2220. The van der Waals surface area contributed by atoms with Gasteiger partial charge in [-0.25, -0.2) is 0 Å². The van der Waals surface area contributed by atoms with Gasteiger partial charge in [0.15, 0.2) is 0 Å². The van der Waals surface area contributed by atoms with E-state index in [9.17, 15) is 0 Å². The fraction of sp³-hybridized carbons (Fsp3) is 0.0435. The van der Waals surface area contributed by atoms with Crippen molar-refractivity contribution in [2.24, 2.45) is 0 Å².